The molecule has 0 amide bonds. The number of nitrogens with zero attached hydrogens (tertiary/aromatic N) is 3. The third-order valence-electron chi connectivity index (χ3n) is 3.27. The molecule has 0 saturated heterocycles. The van der Waals surface area contributed by atoms with Gasteiger partial charge in [-0.15, -0.1) is 0 Å². The van der Waals surface area contributed by atoms with Crippen molar-refractivity contribution in [3.8, 4) is 11.4 Å². The molecule has 2 aromatic heterocycles. The Kier molecular flexibility index (Phi) is 3.41. The Morgan fingerprint density at radius 3 is 2.37 bits per heavy atom. The number of hydrogen-bond donors (Lipinski definition) is 0. The van der Waals surface area contributed by atoms with Gasteiger partial charge in [0.2, 0.25) is 0 Å². The Morgan fingerprint density at radius 2 is 1.84 bits per heavy atom. The van der Waals surface area contributed by atoms with E-state index in [9.17, 15) is 4.79 Å². The molecule has 0 aliphatic rings. The fourth-order valence-corrected chi connectivity index (χ4v) is 2.52. The summed E-state index contributed by atoms with van der Waals surface area (Å²) in [5.74, 6) is 0.00673. The lowest BCUT2D eigenvalue weighted by molar-refractivity contribution is 0.100. The van der Waals surface area contributed by atoms with Crippen molar-refractivity contribution >= 4 is 18.0 Å². The molecule has 5 heteroatoms. The fraction of sp³-hybridized carbons (Fsp3) is 0.357. The summed E-state index contributed by atoms with van der Waals surface area (Å²) in [7, 11) is 3.71. The first kappa shape index (κ1) is 13.7. The second-order valence-electron chi connectivity index (χ2n) is 4.82. The van der Waals surface area contributed by atoms with Crippen molar-refractivity contribution in [1.29, 1.82) is 0 Å². The van der Waals surface area contributed by atoms with Crippen LogP contribution in [0.4, 0.5) is 0 Å². The van der Waals surface area contributed by atoms with Crippen molar-refractivity contribution in [3.63, 3.8) is 0 Å². The van der Waals surface area contributed by atoms with E-state index in [-0.39, 0.29) is 5.78 Å². The summed E-state index contributed by atoms with van der Waals surface area (Å²) in [5, 5.41) is 4.42. The van der Waals surface area contributed by atoms with Gasteiger partial charge in [-0.2, -0.15) is 5.10 Å². The molecule has 2 aromatic rings. The summed E-state index contributed by atoms with van der Waals surface area (Å²) in [6.45, 7) is 5.57. The Morgan fingerprint density at radius 1 is 1.21 bits per heavy atom. The zero-order valence-corrected chi connectivity index (χ0v) is 12.6. The highest BCUT2D eigenvalue weighted by Gasteiger charge is 2.15. The molecule has 0 bridgehead atoms. The van der Waals surface area contributed by atoms with Gasteiger partial charge >= 0.3 is 0 Å². The molecule has 0 aliphatic heterocycles. The van der Waals surface area contributed by atoms with Gasteiger partial charge in [0.15, 0.2) is 5.78 Å². The highest BCUT2D eigenvalue weighted by Crippen LogP contribution is 2.24. The minimum Gasteiger partial charge on any atom is -0.333 e. The number of aromatic nitrogens is 3. The van der Waals surface area contributed by atoms with E-state index < -0.39 is 0 Å². The predicted molar refractivity (Wildman–Crippen MR) is 77.9 cm³/mol. The Labute approximate surface area is 117 Å². The summed E-state index contributed by atoms with van der Waals surface area (Å²) in [6.07, 6.45) is 0. The Hall–Kier alpha value is -1.75. The monoisotopic (exact) mass is 275 g/mol. The van der Waals surface area contributed by atoms with Gasteiger partial charge in [-0.25, -0.2) is 0 Å². The maximum Gasteiger partial charge on any atom is 0.177 e. The number of carbonyl (C=O) groups excluding carboxylic acids is 1. The van der Waals surface area contributed by atoms with Crippen LogP contribution in [0.3, 0.4) is 0 Å². The van der Waals surface area contributed by atoms with E-state index in [0.29, 0.717) is 5.69 Å². The SMILES string of the molecule is CC(=O)c1cc(-c2c(C)cc(C)c(=S)n2C)nn1C. The summed E-state index contributed by atoms with van der Waals surface area (Å²) >= 11 is 5.39. The number of ketones is 1. The number of pyridine rings is 1. The molecule has 0 N–H and O–H groups in total. The van der Waals surface area contributed by atoms with Crippen molar-refractivity contribution in [2.24, 2.45) is 14.1 Å². The van der Waals surface area contributed by atoms with Crippen LogP contribution in [0.1, 0.15) is 28.5 Å². The lowest BCUT2D eigenvalue weighted by Gasteiger charge is -2.12. The Balaban J connectivity index is 2.73. The third-order valence-corrected chi connectivity index (χ3v) is 3.86. The van der Waals surface area contributed by atoms with Gasteiger partial charge in [0, 0.05) is 21.0 Å². The van der Waals surface area contributed by atoms with Gasteiger partial charge in [-0.1, -0.05) is 18.3 Å². The van der Waals surface area contributed by atoms with E-state index in [1.165, 1.54) is 0 Å². The average Bonchev–Trinajstić information content (AvgIpc) is 2.68. The molecule has 0 atom stereocenters. The fourth-order valence-electron chi connectivity index (χ4n) is 2.37. The molecular formula is C14H17N3OS. The average molecular weight is 275 g/mol. The van der Waals surface area contributed by atoms with Gasteiger partial charge in [0.1, 0.15) is 16.0 Å². The topological polar surface area (TPSA) is 39.8 Å². The highest BCUT2D eigenvalue weighted by molar-refractivity contribution is 7.71. The number of carbonyl (C=O) groups is 1. The molecule has 0 aromatic carbocycles. The molecule has 0 fully saturated rings. The van der Waals surface area contributed by atoms with Crippen molar-refractivity contribution < 1.29 is 4.79 Å². The predicted octanol–water partition coefficient (Wildman–Crippen LogP) is 2.97. The van der Waals surface area contributed by atoms with Crippen LogP contribution in [0, 0.1) is 18.5 Å². The number of hydrogen-bond acceptors (Lipinski definition) is 3. The third kappa shape index (κ3) is 2.26. The van der Waals surface area contributed by atoms with E-state index in [1.807, 2.05) is 31.5 Å². The van der Waals surface area contributed by atoms with Gasteiger partial charge in [-0.3, -0.25) is 9.48 Å². The normalized spacial score (nSPS) is 10.8. The quantitative estimate of drug-likeness (QED) is 0.625. The molecule has 0 aliphatic carbocycles. The van der Waals surface area contributed by atoms with Crippen LogP contribution < -0.4 is 0 Å². The second-order valence-corrected chi connectivity index (χ2v) is 5.20. The molecule has 0 spiro atoms. The first-order valence-corrected chi connectivity index (χ1v) is 6.46. The van der Waals surface area contributed by atoms with Crippen LogP contribution >= 0.6 is 12.2 Å². The van der Waals surface area contributed by atoms with Crippen LogP contribution in [-0.4, -0.2) is 20.1 Å². The first-order valence-electron chi connectivity index (χ1n) is 6.05. The van der Waals surface area contributed by atoms with Crippen molar-refractivity contribution in [2.45, 2.75) is 20.8 Å². The molecule has 0 saturated carbocycles. The maximum absolute atomic E-state index is 11.5. The van der Waals surface area contributed by atoms with Crippen molar-refractivity contribution in [2.75, 3.05) is 0 Å². The molecule has 19 heavy (non-hydrogen) atoms. The van der Waals surface area contributed by atoms with E-state index in [0.717, 1.165) is 27.2 Å². The van der Waals surface area contributed by atoms with E-state index in [2.05, 4.69) is 11.2 Å². The molecule has 4 nitrogen and oxygen atoms in total. The number of aryl methyl sites for hydroxylation is 3. The zero-order chi connectivity index (χ0) is 14.3. The molecule has 0 unspecified atom stereocenters. The van der Waals surface area contributed by atoms with E-state index >= 15 is 0 Å². The molecule has 2 rings (SSSR count). The minimum atomic E-state index is 0.00673. The Bertz CT molecular complexity index is 725. The van der Waals surface area contributed by atoms with Crippen LogP contribution in [0.2, 0.25) is 0 Å². The largest absolute Gasteiger partial charge is 0.333 e. The molecule has 0 radical (unpaired) electrons. The van der Waals surface area contributed by atoms with Crippen LogP contribution in [-0.2, 0) is 14.1 Å². The van der Waals surface area contributed by atoms with Gasteiger partial charge in [0.05, 0.1) is 5.69 Å². The highest BCUT2D eigenvalue weighted by atomic mass is 32.1. The second kappa shape index (κ2) is 4.74. The lowest BCUT2D eigenvalue weighted by atomic mass is 10.1. The minimum absolute atomic E-state index is 0.00673. The summed E-state index contributed by atoms with van der Waals surface area (Å²) in [6, 6.07) is 3.87. The number of Topliss-reactive ketones (excluding diaryl/α,β-unsaturated/α-hetero) is 1. The summed E-state index contributed by atoms with van der Waals surface area (Å²) < 4.78 is 4.35. The zero-order valence-electron chi connectivity index (χ0n) is 11.8. The van der Waals surface area contributed by atoms with Crippen LogP contribution in [0.5, 0.6) is 0 Å². The van der Waals surface area contributed by atoms with Gasteiger partial charge in [-0.05, 0) is 31.0 Å². The van der Waals surface area contributed by atoms with Crippen LogP contribution in [0.15, 0.2) is 12.1 Å². The maximum atomic E-state index is 11.5. The van der Waals surface area contributed by atoms with Crippen LogP contribution in [0.25, 0.3) is 11.4 Å². The standard InChI is InChI=1S/C14H17N3OS/c1-8-6-9(2)14(19)16(4)13(8)11-7-12(10(3)18)17(5)15-11/h6-7H,1-5H3. The summed E-state index contributed by atoms with van der Waals surface area (Å²) in [5.41, 5.74) is 4.50. The van der Waals surface area contributed by atoms with Gasteiger partial charge < -0.3 is 4.57 Å². The van der Waals surface area contributed by atoms with E-state index in [4.69, 9.17) is 12.2 Å². The lowest BCUT2D eigenvalue weighted by Crippen LogP contribution is -2.04. The first-order chi connectivity index (χ1) is 8.82. The summed E-state index contributed by atoms with van der Waals surface area (Å²) in [4.78, 5) is 11.5. The van der Waals surface area contributed by atoms with Gasteiger partial charge in [0.25, 0.3) is 0 Å². The molecule has 100 valence electrons. The van der Waals surface area contributed by atoms with E-state index in [1.54, 1.807) is 18.7 Å². The number of rotatable bonds is 2. The molecular weight excluding hydrogens is 258 g/mol. The van der Waals surface area contributed by atoms with Crippen molar-refractivity contribution in [3.05, 3.63) is 33.6 Å². The van der Waals surface area contributed by atoms with Crippen molar-refractivity contribution in [1.82, 2.24) is 14.3 Å². The molecule has 2 heterocycles. The smallest absolute Gasteiger partial charge is 0.177 e.